The Labute approximate surface area is 160 Å². The molecular weight excluding hydrogens is 297 g/mol. The van der Waals surface area contributed by atoms with Gasteiger partial charge in [-0.25, -0.2) is 4.79 Å². The normalized spacial score (nSPS) is 19.0. The van der Waals surface area contributed by atoms with Gasteiger partial charge in [0.2, 0.25) is 0 Å². The number of amides is 1. The molecule has 0 N–H and O–H groups in total. The smallest absolute Gasteiger partial charge is 0.445 e. The van der Waals surface area contributed by atoms with Crippen molar-refractivity contribution in [2.24, 2.45) is 5.41 Å². The number of hydrogen-bond donors (Lipinski definition) is 0. The first-order valence-corrected chi connectivity index (χ1v) is 6.21. The summed E-state index contributed by atoms with van der Waals surface area (Å²) in [5.74, 6) is 0. The Morgan fingerprint density at radius 2 is 1.85 bits per heavy atom. The molecule has 1 amide bonds. The largest absolute Gasteiger partial charge is 0.506 e. The molecule has 0 unspecified atom stereocenters. The van der Waals surface area contributed by atoms with Gasteiger partial charge in [0.25, 0.3) is 0 Å². The van der Waals surface area contributed by atoms with Crippen LogP contribution in [0.15, 0.2) is 11.5 Å². The zero-order chi connectivity index (χ0) is 15.1. The summed E-state index contributed by atoms with van der Waals surface area (Å²) < 4.78 is 43.9. The first kappa shape index (κ1) is 20.5. The maximum Gasteiger partial charge on any atom is 0.506 e. The molecule has 1 radical (unpaired) electrons. The van der Waals surface area contributed by atoms with Crippen LogP contribution in [-0.4, -0.2) is 88.0 Å². The summed E-state index contributed by atoms with van der Waals surface area (Å²) in [6.07, 6.45) is 0.512. The molecule has 0 bridgehead atoms. The molecule has 0 saturated carbocycles. The van der Waals surface area contributed by atoms with Crippen LogP contribution in [-0.2, 0) is 4.74 Å². The molecule has 0 fully saturated rings. The van der Waals surface area contributed by atoms with Gasteiger partial charge in [0.1, 0.15) is 5.60 Å². The van der Waals surface area contributed by atoms with Crippen LogP contribution < -0.4 is 0 Å². The average Bonchev–Trinajstić information content (AvgIpc) is 2.10. The Hall–Kier alpha value is 0.501. The van der Waals surface area contributed by atoms with Crippen molar-refractivity contribution in [1.82, 2.24) is 4.90 Å². The van der Waals surface area contributed by atoms with E-state index < -0.39 is 29.6 Å². The van der Waals surface area contributed by atoms with E-state index >= 15 is 0 Å². The number of ether oxygens (including phenoxy) is 1. The predicted molar refractivity (Wildman–Crippen MR) is 74.5 cm³/mol. The van der Waals surface area contributed by atoms with Crippen molar-refractivity contribution in [2.45, 2.75) is 40.2 Å². The molecule has 1 heterocycles. The minimum absolute atomic E-state index is 0. The van der Waals surface area contributed by atoms with Crippen LogP contribution in [0.2, 0.25) is 0 Å². The van der Waals surface area contributed by atoms with Gasteiger partial charge in [0.05, 0.1) is 0 Å². The SMILES string of the molecule is CC(C)(C)OC(=O)N1CC=C([B-](F)(F)F)C(C)(C)C1.[K]. The van der Waals surface area contributed by atoms with E-state index in [2.05, 4.69) is 0 Å². The van der Waals surface area contributed by atoms with E-state index in [4.69, 9.17) is 4.74 Å². The third-order valence-electron chi connectivity index (χ3n) is 2.90. The molecular formula is C12H20BF3KNO2-. The average molecular weight is 317 g/mol. The van der Waals surface area contributed by atoms with Gasteiger partial charge >= 0.3 is 13.1 Å². The summed E-state index contributed by atoms with van der Waals surface area (Å²) in [5.41, 5.74) is -2.28. The van der Waals surface area contributed by atoms with Gasteiger partial charge in [-0.15, -0.1) is 5.47 Å². The van der Waals surface area contributed by atoms with Gasteiger partial charge < -0.3 is 22.6 Å². The maximum atomic E-state index is 12.9. The summed E-state index contributed by atoms with van der Waals surface area (Å²) in [7, 11) is 0. The molecule has 0 aromatic carbocycles. The fourth-order valence-electron chi connectivity index (χ4n) is 2.16. The molecule has 1 rings (SSSR count). The van der Waals surface area contributed by atoms with Crippen LogP contribution in [0.3, 0.4) is 0 Å². The Morgan fingerprint density at radius 3 is 2.20 bits per heavy atom. The topological polar surface area (TPSA) is 29.5 Å². The summed E-state index contributed by atoms with van der Waals surface area (Å²) in [5, 5.41) is 0. The summed E-state index contributed by atoms with van der Waals surface area (Å²) in [6, 6.07) is 0. The molecule has 0 spiro atoms. The zero-order valence-corrected chi connectivity index (χ0v) is 16.1. The van der Waals surface area contributed by atoms with Crippen molar-refractivity contribution in [1.29, 1.82) is 0 Å². The molecule has 0 aliphatic carbocycles. The number of carbonyl (C=O) groups excluding carboxylic acids is 1. The minimum atomic E-state index is -5.02. The Kier molecular flexibility index (Phi) is 6.90. The number of carbonyl (C=O) groups is 1. The first-order chi connectivity index (χ1) is 8.33. The third kappa shape index (κ3) is 5.71. The Bertz CT molecular complexity index is 402. The summed E-state index contributed by atoms with van der Waals surface area (Å²) in [4.78, 5) is 13.2. The van der Waals surface area contributed by atoms with Gasteiger partial charge in [-0.3, -0.25) is 0 Å². The number of rotatable bonds is 1. The predicted octanol–water partition coefficient (Wildman–Crippen LogP) is 3.20. The second kappa shape index (κ2) is 6.73. The number of hydrogen-bond acceptors (Lipinski definition) is 2. The van der Waals surface area contributed by atoms with E-state index in [1.54, 1.807) is 20.8 Å². The second-order valence-corrected chi connectivity index (χ2v) is 6.48. The zero-order valence-electron chi connectivity index (χ0n) is 13.0. The molecule has 0 aromatic rings. The van der Waals surface area contributed by atoms with E-state index in [0.717, 1.165) is 6.08 Å². The van der Waals surface area contributed by atoms with Gasteiger partial charge in [-0.2, -0.15) is 0 Å². The number of halogens is 3. The fraction of sp³-hybridized carbons (Fsp3) is 0.750. The van der Waals surface area contributed by atoms with Crippen molar-refractivity contribution >= 4 is 64.5 Å². The molecule has 1 aliphatic rings. The molecule has 1 aliphatic heterocycles. The Balaban J connectivity index is 0.00000361. The second-order valence-electron chi connectivity index (χ2n) is 6.48. The molecule has 0 aromatic heterocycles. The van der Waals surface area contributed by atoms with Crippen molar-refractivity contribution in [3.8, 4) is 0 Å². The van der Waals surface area contributed by atoms with Crippen LogP contribution in [0.25, 0.3) is 0 Å². The van der Waals surface area contributed by atoms with Crippen molar-refractivity contribution in [2.75, 3.05) is 13.1 Å². The molecule has 0 saturated heterocycles. The van der Waals surface area contributed by atoms with Crippen molar-refractivity contribution < 1.29 is 22.5 Å². The van der Waals surface area contributed by atoms with Crippen LogP contribution >= 0.6 is 0 Å². The molecule has 8 heteroatoms. The van der Waals surface area contributed by atoms with Crippen LogP contribution in [0.1, 0.15) is 34.6 Å². The number of nitrogens with zero attached hydrogens (tertiary/aromatic N) is 1. The van der Waals surface area contributed by atoms with Crippen LogP contribution in [0, 0.1) is 5.41 Å². The van der Waals surface area contributed by atoms with Gasteiger partial charge in [0, 0.05) is 64.5 Å². The Morgan fingerprint density at radius 1 is 1.35 bits per heavy atom. The standard InChI is InChI=1S/C12H20BF3NO2.K/c1-11(2,3)19-10(18)17-7-6-9(13(14,15)16)12(4,5)8-17;/h6H,7-8H2,1-5H3;/q-1;. The van der Waals surface area contributed by atoms with Crippen LogP contribution in [0.5, 0.6) is 0 Å². The first-order valence-electron chi connectivity index (χ1n) is 6.21. The van der Waals surface area contributed by atoms with Gasteiger partial charge in [-0.05, 0) is 26.2 Å². The monoisotopic (exact) mass is 317 g/mol. The molecule has 3 nitrogen and oxygen atoms in total. The van der Waals surface area contributed by atoms with E-state index in [9.17, 15) is 17.7 Å². The van der Waals surface area contributed by atoms with Crippen molar-refractivity contribution in [3.63, 3.8) is 0 Å². The van der Waals surface area contributed by atoms with E-state index in [1.807, 2.05) is 0 Å². The summed E-state index contributed by atoms with van der Waals surface area (Å²) >= 11 is 0. The van der Waals surface area contributed by atoms with E-state index in [1.165, 1.54) is 18.7 Å². The molecule has 20 heavy (non-hydrogen) atoms. The molecule has 0 atom stereocenters. The van der Waals surface area contributed by atoms with Gasteiger partial charge in [-0.1, -0.05) is 19.9 Å². The maximum absolute atomic E-state index is 12.9. The summed E-state index contributed by atoms with van der Waals surface area (Å²) in [6.45, 7) is 3.08. The van der Waals surface area contributed by atoms with Crippen LogP contribution in [0.4, 0.5) is 17.7 Å². The van der Waals surface area contributed by atoms with Crippen molar-refractivity contribution in [3.05, 3.63) is 11.5 Å². The molecule has 111 valence electrons. The van der Waals surface area contributed by atoms with E-state index in [0.29, 0.717) is 0 Å². The quantitative estimate of drug-likeness (QED) is 0.695. The van der Waals surface area contributed by atoms with E-state index in [-0.39, 0.29) is 64.5 Å². The minimum Gasteiger partial charge on any atom is -0.445 e. The third-order valence-corrected chi connectivity index (χ3v) is 2.90. The fourth-order valence-corrected chi connectivity index (χ4v) is 2.16. The van der Waals surface area contributed by atoms with Gasteiger partial charge in [0.15, 0.2) is 0 Å².